The normalized spacial score (nSPS) is 11.7. The van der Waals surface area contributed by atoms with Crippen molar-refractivity contribution in [2.24, 2.45) is 0 Å². The minimum absolute atomic E-state index is 0.00241. The summed E-state index contributed by atoms with van der Waals surface area (Å²) in [5, 5.41) is 3.41. The minimum Gasteiger partial charge on any atom is -0.469 e. The van der Waals surface area contributed by atoms with Gasteiger partial charge in [-0.25, -0.2) is 4.72 Å². The first-order chi connectivity index (χ1) is 8.95. The molecule has 0 aliphatic heterocycles. The van der Waals surface area contributed by atoms with Crippen LogP contribution in [0.4, 0.5) is 0 Å². The van der Waals surface area contributed by atoms with Gasteiger partial charge in [0.25, 0.3) is 10.2 Å². The van der Waals surface area contributed by atoms with Gasteiger partial charge in [0.2, 0.25) is 5.89 Å². The minimum atomic E-state index is -3.63. The van der Waals surface area contributed by atoms with Gasteiger partial charge in [-0.2, -0.15) is 17.7 Å². The van der Waals surface area contributed by atoms with Crippen molar-refractivity contribution in [2.75, 3.05) is 27.2 Å². The van der Waals surface area contributed by atoms with E-state index in [0.29, 0.717) is 12.3 Å². The lowest BCUT2D eigenvalue weighted by atomic mass is 10.4. The highest BCUT2D eigenvalue weighted by Gasteiger charge is 2.18. The summed E-state index contributed by atoms with van der Waals surface area (Å²) in [5.74, 6) is -0.118. The molecule has 19 heavy (non-hydrogen) atoms. The fourth-order valence-corrected chi connectivity index (χ4v) is 2.09. The van der Waals surface area contributed by atoms with Gasteiger partial charge in [-0.1, -0.05) is 5.16 Å². The van der Waals surface area contributed by atoms with E-state index in [1.54, 1.807) is 0 Å². The van der Waals surface area contributed by atoms with E-state index in [1.165, 1.54) is 20.5 Å². The lowest BCUT2D eigenvalue weighted by molar-refractivity contribution is -0.140. The maximum Gasteiger partial charge on any atom is 0.306 e. The van der Waals surface area contributed by atoms with Crippen LogP contribution in [0.3, 0.4) is 0 Å². The van der Waals surface area contributed by atoms with E-state index in [4.69, 9.17) is 4.52 Å². The molecule has 0 bridgehead atoms. The van der Waals surface area contributed by atoms with E-state index >= 15 is 0 Å². The topological polar surface area (TPSA) is 115 Å². The number of nitrogens with one attached hydrogen (secondary N) is 1. The summed E-state index contributed by atoms with van der Waals surface area (Å²) in [5.41, 5.74) is 0. The number of esters is 1. The molecule has 0 aliphatic rings. The van der Waals surface area contributed by atoms with Crippen LogP contribution >= 0.6 is 0 Å². The first kappa shape index (κ1) is 15.5. The zero-order valence-corrected chi connectivity index (χ0v) is 11.5. The number of aromatic nitrogens is 2. The summed E-state index contributed by atoms with van der Waals surface area (Å²) < 4.78 is 36.1. The first-order valence-corrected chi connectivity index (χ1v) is 6.93. The summed E-state index contributed by atoms with van der Waals surface area (Å²) >= 11 is 0. The van der Waals surface area contributed by atoms with E-state index in [0.717, 1.165) is 4.31 Å². The number of methoxy groups -OCH3 is 1. The molecule has 0 aromatic carbocycles. The molecule has 0 fully saturated rings. The van der Waals surface area contributed by atoms with Crippen LogP contribution < -0.4 is 4.72 Å². The number of carbonyl (C=O) groups excluding carboxylic acids is 1. The monoisotopic (exact) mass is 292 g/mol. The van der Waals surface area contributed by atoms with Gasteiger partial charge in [0, 0.05) is 26.6 Å². The molecule has 1 N–H and O–H groups in total. The molecule has 1 aromatic heterocycles. The van der Waals surface area contributed by atoms with Gasteiger partial charge in [-0.3, -0.25) is 4.79 Å². The van der Waals surface area contributed by atoms with Gasteiger partial charge < -0.3 is 9.26 Å². The number of carbonyl (C=O) groups is 1. The highest BCUT2D eigenvalue weighted by molar-refractivity contribution is 7.87. The van der Waals surface area contributed by atoms with E-state index in [-0.39, 0.29) is 19.5 Å². The second-order valence-electron chi connectivity index (χ2n) is 3.63. The Morgan fingerprint density at radius 2 is 2.32 bits per heavy atom. The largest absolute Gasteiger partial charge is 0.469 e. The van der Waals surface area contributed by atoms with Crippen LogP contribution in [0.15, 0.2) is 10.9 Å². The quantitative estimate of drug-likeness (QED) is 0.607. The Hall–Kier alpha value is -1.52. The van der Waals surface area contributed by atoms with Gasteiger partial charge in [0.15, 0.2) is 6.33 Å². The maximum absolute atomic E-state index is 11.8. The van der Waals surface area contributed by atoms with Gasteiger partial charge in [0.1, 0.15) is 0 Å². The van der Waals surface area contributed by atoms with Crippen molar-refractivity contribution in [3.63, 3.8) is 0 Å². The zero-order chi connectivity index (χ0) is 14.3. The fourth-order valence-electron chi connectivity index (χ4n) is 1.17. The van der Waals surface area contributed by atoms with Gasteiger partial charge in [-0.05, 0) is 0 Å². The van der Waals surface area contributed by atoms with Gasteiger partial charge in [-0.15, -0.1) is 0 Å². The third-order valence-electron chi connectivity index (χ3n) is 2.30. The average molecular weight is 292 g/mol. The number of hydrogen-bond donors (Lipinski definition) is 1. The van der Waals surface area contributed by atoms with Crippen molar-refractivity contribution in [2.45, 2.75) is 12.8 Å². The zero-order valence-electron chi connectivity index (χ0n) is 10.7. The Morgan fingerprint density at radius 1 is 1.58 bits per heavy atom. The van der Waals surface area contributed by atoms with Crippen molar-refractivity contribution < 1.29 is 22.5 Å². The van der Waals surface area contributed by atoms with Crippen molar-refractivity contribution in [1.82, 2.24) is 19.2 Å². The smallest absolute Gasteiger partial charge is 0.306 e. The number of hydrogen-bond acceptors (Lipinski definition) is 7. The second-order valence-corrected chi connectivity index (χ2v) is 5.49. The van der Waals surface area contributed by atoms with Crippen molar-refractivity contribution in [1.29, 1.82) is 0 Å². The summed E-state index contributed by atoms with van der Waals surface area (Å²) in [6.07, 6.45) is 1.54. The Morgan fingerprint density at radius 3 is 2.89 bits per heavy atom. The summed E-state index contributed by atoms with van der Waals surface area (Å²) in [6.45, 7) is 0.176. The van der Waals surface area contributed by atoms with Crippen LogP contribution in [-0.2, 0) is 26.2 Å². The second kappa shape index (κ2) is 7.16. The summed E-state index contributed by atoms with van der Waals surface area (Å²) in [6, 6.07) is 0. The molecule has 0 saturated carbocycles. The van der Waals surface area contributed by atoms with Crippen LogP contribution in [-0.4, -0.2) is 56.1 Å². The standard InChI is InChI=1S/C9H16N4O5S/c1-13(6-4-9(14)17-2)19(15,16)12-5-3-8-10-7-11-18-8/h7,12H,3-6H2,1-2H3. The lowest BCUT2D eigenvalue weighted by Gasteiger charge is -2.16. The van der Waals surface area contributed by atoms with Crippen LogP contribution in [0.2, 0.25) is 0 Å². The van der Waals surface area contributed by atoms with E-state index in [1.807, 2.05) is 0 Å². The van der Waals surface area contributed by atoms with Crippen LogP contribution in [0.25, 0.3) is 0 Å². The van der Waals surface area contributed by atoms with Crippen molar-refractivity contribution in [3.05, 3.63) is 12.2 Å². The molecule has 10 heteroatoms. The Bertz CT molecular complexity index is 487. The molecule has 0 atom stereocenters. The first-order valence-electron chi connectivity index (χ1n) is 5.49. The Balaban J connectivity index is 2.35. The molecule has 0 saturated heterocycles. The maximum atomic E-state index is 11.8. The highest BCUT2D eigenvalue weighted by atomic mass is 32.2. The van der Waals surface area contributed by atoms with E-state index < -0.39 is 16.2 Å². The van der Waals surface area contributed by atoms with Crippen LogP contribution in [0.1, 0.15) is 12.3 Å². The Kier molecular flexibility index (Phi) is 5.86. The molecule has 1 rings (SSSR count). The van der Waals surface area contributed by atoms with Crippen LogP contribution in [0, 0.1) is 0 Å². The predicted molar refractivity (Wildman–Crippen MR) is 64.2 cm³/mol. The molecule has 108 valence electrons. The third-order valence-corrected chi connectivity index (χ3v) is 3.87. The predicted octanol–water partition coefficient (Wildman–Crippen LogP) is -1.06. The molecular formula is C9H16N4O5S. The Labute approximate surface area is 111 Å². The third kappa shape index (κ3) is 5.32. The highest BCUT2D eigenvalue weighted by Crippen LogP contribution is 1.98. The number of ether oxygens (including phenoxy) is 1. The number of nitrogens with zero attached hydrogens (tertiary/aromatic N) is 3. The SMILES string of the molecule is COC(=O)CCN(C)S(=O)(=O)NCCc1ncno1. The average Bonchev–Trinajstić information content (AvgIpc) is 2.88. The van der Waals surface area contributed by atoms with Crippen molar-refractivity contribution in [3.8, 4) is 0 Å². The summed E-state index contributed by atoms with van der Waals surface area (Å²) in [4.78, 5) is 14.7. The lowest BCUT2D eigenvalue weighted by Crippen LogP contribution is -2.40. The molecule has 0 spiro atoms. The molecule has 0 radical (unpaired) electrons. The molecule has 0 amide bonds. The molecule has 1 aromatic rings. The van der Waals surface area contributed by atoms with E-state index in [2.05, 4.69) is 19.6 Å². The molecule has 0 unspecified atom stereocenters. The van der Waals surface area contributed by atoms with E-state index in [9.17, 15) is 13.2 Å². The summed E-state index contributed by atoms with van der Waals surface area (Å²) in [7, 11) is -1.01. The molecule has 9 nitrogen and oxygen atoms in total. The number of rotatable bonds is 8. The van der Waals surface area contributed by atoms with Crippen molar-refractivity contribution >= 4 is 16.2 Å². The fraction of sp³-hybridized carbons (Fsp3) is 0.667. The molecule has 1 heterocycles. The molecule has 0 aliphatic carbocycles. The van der Waals surface area contributed by atoms with Gasteiger partial charge >= 0.3 is 5.97 Å². The van der Waals surface area contributed by atoms with Crippen LogP contribution in [0.5, 0.6) is 0 Å². The molecular weight excluding hydrogens is 276 g/mol. The van der Waals surface area contributed by atoms with Gasteiger partial charge in [0.05, 0.1) is 13.5 Å².